The number of fused-ring (bicyclic) bond motifs is 4. The predicted molar refractivity (Wildman–Crippen MR) is 126 cm³/mol. The van der Waals surface area contributed by atoms with E-state index >= 15 is 0 Å². The number of hydrogen-bond donors (Lipinski definition) is 2. The Morgan fingerprint density at radius 3 is 2.38 bits per heavy atom. The molecule has 3 aliphatic rings. The average Bonchev–Trinajstić information content (AvgIpc) is 3.53. The molecule has 5 rings (SSSR count). The molecule has 1 heterocycles. The van der Waals surface area contributed by atoms with Crippen LogP contribution in [0.2, 0.25) is 0 Å². The molecular weight excluding hydrogens is 432 g/mol. The first kappa shape index (κ1) is 22.4. The van der Waals surface area contributed by atoms with Crippen LogP contribution in [0.1, 0.15) is 56.1 Å². The number of rotatable bonds is 7. The third-order valence-electron chi connectivity index (χ3n) is 7.64. The van der Waals surface area contributed by atoms with Gasteiger partial charge < -0.3 is 20.1 Å². The maximum atomic E-state index is 13.4. The number of amides is 2. The third-order valence-corrected chi connectivity index (χ3v) is 7.64. The van der Waals surface area contributed by atoms with Crippen molar-refractivity contribution in [2.45, 2.75) is 56.5 Å². The summed E-state index contributed by atoms with van der Waals surface area (Å²) in [4.78, 5) is 39.6. The lowest BCUT2D eigenvalue weighted by Gasteiger charge is -2.36. The van der Waals surface area contributed by atoms with Crippen molar-refractivity contribution in [1.29, 1.82) is 0 Å². The summed E-state index contributed by atoms with van der Waals surface area (Å²) in [5, 5.41) is 12.5. The molecule has 2 aliphatic carbocycles. The van der Waals surface area contributed by atoms with Crippen molar-refractivity contribution in [3.63, 3.8) is 0 Å². The summed E-state index contributed by atoms with van der Waals surface area (Å²) in [5.74, 6) is -1.32. The number of likely N-dealkylation sites (tertiary alicyclic amines) is 1. The molecule has 0 aromatic heterocycles. The number of benzene rings is 2. The molecule has 2 amide bonds. The van der Waals surface area contributed by atoms with Crippen molar-refractivity contribution >= 4 is 18.0 Å². The molecule has 1 saturated heterocycles. The van der Waals surface area contributed by atoms with Crippen LogP contribution in [-0.4, -0.2) is 52.7 Å². The fourth-order valence-electron chi connectivity index (χ4n) is 5.88. The van der Waals surface area contributed by atoms with Crippen LogP contribution in [0.4, 0.5) is 4.79 Å². The summed E-state index contributed by atoms with van der Waals surface area (Å²) in [6.45, 7) is 2.51. The second-order valence-electron chi connectivity index (χ2n) is 9.57. The number of piperidine rings is 1. The summed E-state index contributed by atoms with van der Waals surface area (Å²) in [6, 6.07) is 15.4. The lowest BCUT2D eigenvalue weighted by Crippen LogP contribution is -2.57. The maximum absolute atomic E-state index is 13.4. The molecule has 1 aliphatic heterocycles. The van der Waals surface area contributed by atoms with Crippen LogP contribution in [0.25, 0.3) is 11.1 Å². The molecule has 0 unspecified atom stereocenters. The zero-order chi connectivity index (χ0) is 23.9. The number of carboxylic acids is 1. The van der Waals surface area contributed by atoms with E-state index in [9.17, 15) is 19.5 Å². The number of nitrogens with one attached hydrogen (secondary N) is 1. The molecule has 0 bridgehead atoms. The lowest BCUT2D eigenvalue weighted by atomic mass is 9.98. The van der Waals surface area contributed by atoms with Crippen LogP contribution in [0.5, 0.6) is 0 Å². The summed E-state index contributed by atoms with van der Waals surface area (Å²) < 4.78 is 5.63. The summed E-state index contributed by atoms with van der Waals surface area (Å²) in [7, 11) is 0. The molecule has 2 aromatic carbocycles. The first-order chi connectivity index (χ1) is 16.5. The first-order valence-electron chi connectivity index (χ1n) is 12.1. The molecule has 7 heteroatoms. The van der Waals surface area contributed by atoms with Crippen molar-refractivity contribution in [1.82, 2.24) is 10.2 Å². The lowest BCUT2D eigenvalue weighted by molar-refractivity contribution is -0.155. The minimum absolute atomic E-state index is 0.0134. The highest BCUT2D eigenvalue weighted by molar-refractivity contribution is 5.94. The SMILES string of the molecule is CCC[C@H](NC(=O)OCC1c2ccccc2-c2ccccc21)C(=O)N1CCC[C@@H]2C[C@@]21C(=O)O. The highest BCUT2D eigenvalue weighted by atomic mass is 16.5. The van der Waals surface area contributed by atoms with Gasteiger partial charge in [-0.1, -0.05) is 61.9 Å². The highest BCUT2D eigenvalue weighted by Gasteiger charge is 2.67. The van der Waals surface area contributed by atoms with Gasteiger partial charge in [0, 0.05) is 12.5 Å². The second-order valence-corrected chi connectivity index (χ2v) is 9.57. The molecule has 34 heavy (non-hydrogen) atoms. The Hall–Kier alpha value is -3.35. The number of alkyl carbamates (subject to hydrolysis) is 1. The van der Waals surface area contributed by atoms with Gasteiger partial charge in [-0.25, -0.2) is 9.59 Å². The Morgan fingerprint density at radius 2 is 1.76 bits per heavy atom. The zero-order valence-corrected chi connectivity index (χ0v) is 19.3. The number of carbonyl (C=O) groups is 3. The first-order valence-corrected chi connectivity index (χ1v) is 12.1. The molecule has 7 nitrogen and oxygen atoms in total. The molecule has 2 fully saturated rings. The van der Waals surface area contributed by atoms with Crippen molar-refractivity contribution in [2.24, 2.45) is 5.92 Å². The zero-order valence-electron chi connectivity index (χ0n) is 19.3. The van der Waals surface area contributed by atoms with E-state index < -0.39 is 23.6 Å². The second kappa shape index (κ2) is 8.78. The maximum Gasteiger partial charge on any atom is 0.407 e. The summed E-state index contributed by atoms with van der Waals surface area (Å²) in [6.07, 6.45) is 2.57. The van der Waals surface area contributed by atoms with E-state index in [1.807, 2.05) is 31.2 Å². The summed E-state index contributed by atoms with van der Waals surface area (Å²) in [5.41, 5.74) is 3.44. The number of carbonyl (C=O) groups excluding carboxylic acids is 2. The number of hydrogen-bond acceptors (Lipinski definition) is 4. The normalized spacial score (nSPS) is 23.3. The number of carboxylic acid groups (broad SMARTS) is 1. The molecule has 178 valence electrons. The smallest absolute Gasteiger partial charge is 0.407 e. The molecule has 0 spiro atoms. The van der Waals surface area contributed by atoms with Crippen molar-refractivity contribution in [3.05, 3.63) is 59.7 Å². The standard InChI is InChI=1S/C27H30N2O5/c1-2-8-23(24(30)29-14-7-9-17-15-27(17,29)25(31)32)28-26(33)34-16-22-20-12-5-3-10-18(20)19-11-4-6-13-21(19)22/h3-6,10-13,17,22-23H,2,7-9,14-16H2,1H3,(H,28,33)(H,31,32)/t17-,23+,27+/m1/s1. The number of aliphatic carboxylic acids is 1. The van der Waals surface area contributed by atoms with Crippen LogP contribution in [-0.2, 0) is 14.3 Å². The monoisotopic (exact) mass is 462 g/mol. The molecule has 2 aromatic rings. The van der Waals surface area contributed by atoms with Crippen molar-refractivity contribution < 1.29 is 24.2 Å². The van der Waals surface area contributed by atoms with E-state index in [1.165, 1.54) is 4.90 Å². The fourth-order valence-corrected chi connectivity index (χ4v) is 5.88. The van der Waals surface area contributed by atoms with E-state index in [-0.39, 0.29) is 24.3 Å². The highest BCUT2D eigenvalue weighted by Crippen LogP contribution is 2.54. The Labute approximate surface area is 199 Å². The number of nitrogens with zero attached hydrogens (tertiary/aromatic N) is 1. The predicted octanol–water partition coefficient (Wildman–Crippen LogP) is 4.16. The van der Waals surface area contributed by atoms with Gasteiger partial charge >= 0.3 is 12.1 Å². The van der Waals surface area contributed by atoms with Crippen LogP contribution in [0.15, 0.2) is 48.5 Å². The van der Waals surface area contributed by atoms with E-state index in [1.54, 1.807) is 0 Å². The number of ether oxygens (including phenoxy) is 1. The third kappa shape index (κ3) is 3.63. The van der Waals surface area contributed by atoms with E-state index in [2.05, 4.69) is 29.6 Å². The van der Waals surface area contributed by atoms with Crippen molar-refractivity contribution in [3.8, 4) is 11.1 Å². The average molecular weight is 463 g/mol. The van der Waals surface area contributed by atoms with Gasteiger partial charge in [0.15, 0.2) is 0 Å². The minimum Gasteiger partial charge on any atom is -0.479 e. The fraction of sp³-hybridized carbons (Fsp3) is 0.444. The van der Waals surface area contributed by atoms with Crippen LogP contribution >= 0.6 is 0 Å². The minimum atomic E-state index is -1.09. The van der Waals surface area contributed by atoms with E-state index in [0.29, 0.717) is 25.8 Å². The van der Waals surface area contributed by atoms with Crippen molar-refractivity contribution in [2.75, 3.05) is 13.2 Å². The van der Waals surface area contributed by atoms with Crippen LogP contribution in [0.3, 0.4) is 0 Å². The largest absolute Gasteiger partial charge is 0.479 e. The van der Waals surface area contributed by atoms with Gasteiger partial charge in [-0.2, -0.15) is 0 Å². The van der Waals surface area contributed by atoms with E-state index in [4.69, 9.17) is 4.74 Å². The van der Waals surface area contributed by atoms with Gasteiger partial charge in [0.05, 0.1) is 0 Å². The molecular formula is C27H30N2O5. The van der Waals surface area contributed by atoms with Crippen LogP contribution < -0.4 is 5.32 Å². The molecule has 0 radical (unpaired) electrons. The topological polar surface area (TPSA) is 95.9 Å². The molecule has 1 saturated carbocycles. The summed E-state index contributed by atoms with van der Waals surface area (Å²) >= 11 is 0. The van der Waals surface area contributed by atoms with Gasteiger partial charge in [-0.15, -0.1) is 0 Å². The molecule has 2 N–H and O–H groups in total. The van der Waals surface area contributed by atoms with Gasteiger partial charge in [0.1, 0.15) is 18.2 Å². The van der Waals surface area contributed by atoms with E-state index in [0.717, 1.165) is 35.1 Å². The Morgan fingerprint density at radius 1 is 1.12 bits per heavy atom. The Balaban J connectivity index is 1.27. The Bertz CT molecular complexity index is 1090. The quantitative estimate of drug-likeness (QED) is 0.644. The van der Waals surface area contributed by atoms with Crippen LogP contribution in [0, 0.1) is 5.92 Å². The van der Waals surface area contributed by atoms with Gasteiger partial charge in [-0.05, 0) is 53.9 Å². The van der Waals surface area contributed by atoms with Gasteiger partial charge in [0.25, 0.3) is 0 Å². The van der Waals surface area contributed by atoms with Gasteiger partial charge in [0.2, 0.25) is 5.91 Å². The Kier molecular flexibility index (Phi) is 5.80. The molecule has 3 atom stereocenters. The van der Waals surface area contributed by atoms with Gasteiger partial charge in [-0.3, -0.25) is 4.79 Å².